The lowest BCUT2D eigenvalue weighted by Gasteiger charge is -2.15. The van der Waals surface area contributed by atoms with Gasteiger partial charge in [-0.1, -0.05) is 11.6 Å². The van der Waals surface area contributed by atoms with Crippen LogP contribution in [0.1, 0.15) is 31.6 Å². The van der Waals surface area contributed by atoms with Gasteiger partial charge >= 0.3 is 17.8 Å². The first-order chi connectivity index (χ1) is 18.9. The number of hydrogen-bond donors (Lipinski definition) is 1. The Morgan fingerprint density at radius 2 is 1.88 bits per heavy atom. The largest absolute Gasteiger partial charge is 0.493 e. The highest BCUT2D eigenvalue weighted by Crippen LogP contribution is 2.26. The molecule has 3 heterocycles. The van der Waals surface area contributed by atoms with Crippen LogP contribution in [-0.2, 0) is 22.6 Å². The monoisotopic (exact) mass is 581 g/mol. The van der Waals surface area contributed by atoms with Crippen LogP contribution < -0.4 is 10.4 Å². The summed E-state index contributed by atoms with van der Waals surface area (Å²) in [7, 11) is 1.42. The number of benzene rings is 1. The Kier molecular flexibility index (Phi) is 8.25. The lowest BCUT2D eigenvalue weighted by Crippen LogP contribution is -2.37. The molecule has 0 aliphatic heterocycles. The molecule has 3 aromatic heterocycles. The van der Waals surface area contributed by atoms with Gasteiger partial charge in [-0.25, -0.2) is 19.4 Å². The summed E-state index contributed by atoms with van der Waals surface area (Å²) in [4.78, 5) is 33.5. The number of halogens is 4. The second kappa shape index (κ2) is 11.5. The third-order valence-electron chi connectivity index (χ3n) is 5.60. The number of aliphatic hydroxyl groups excluding tert-OH is 1. The minimum absolute atomic E-state index is 0.00693. The number of aromatic nitrogens is 7. The fraction of sp³-hybridized carbons (Fsp3) is 0.333. The molecule has 16 heteroatoms. The maximum atomic E-state index is 13.2. The van der Waals surface area contributed by atoms with E-state index in [2.05, 4.69) is 20.2 Å². The molecule has 4 aromatic rings. The number of carbonyl (C=O) groups is 1. The number of carbonyl (C=O) groups excluding carboxylic acids is 1. The summed E-state index contributed by atoms with van der Waals surface area (Å²) in [5.41, 5.74) is -0.662. The molecule has 1 aromatic carbocycles. The van der Waals surface area contributed by atoms with Gasteiger partial charge in [-0.3, -0.25) is 9.36 Å². The second-order valence-electron chi connectivity index (χ2n) is 8.52. The molecule has 0 saturated carbocycles. The lowest BCUT2D eigenvalue weighted by molar-refractivity contribution is -0.207. The van der Waals surface area contributed by atoms with Crippen molar-refractivity contribution < 1.29 is 32.5 Å². The van der Waals surface area contributed by atoms with E-state index in [9.17, 15) is 27.9 Å². The van der Waals surface area contributed by atoms with Crippen LogP contribution in [0.2, 0.25) is 5.02 Å². The molecular weight excluding hydrogens is 559 g/mol. The zero-order valence-corrected chi connectivity index (χ0v) is 22.1. The van der Waals surface area contributed by atoms with Gasteiger partial charge in [-0.05, 0) is 43.3 Å². The number of nitrogens with zero attached hydrogens (tertiary/aromatic N) is 7. The lowest BCUT2D eigenvalue weighted by atomic mass is 10.2. The number of rotatable bonds is 9. The highest BCUT2D eigenvalue weighted by Gasteiger charge is 2.39. The summed E-state index contributed by atoms with van der Waals surface area (Å²) < 4.78 is 52.9. The predicted octanol–water partition coefficient (Wildman–Crippen LogP) is 2.95. The quantitative estimate of drug-likeness (QED) is 0.295. The Balaban J connectivity index is 1.80. The number of ether oxygens (including phenoxy) is 2. The van der Waals surface area contributed by atoms with Crippen LogP contribution in [0.25, 0.3) is 17.2 Å². The average Bonchev–Trinajstić information content (AvgIpc) is 3.45. The molecule has 0 spiro atoms. The molecular formula is C24H23ClF3N7O5. The highest BCUT2D eigenvalue weighted by molar-refractivity contribution is 6.30. The molecule has 12 nitrogen and oxygen atoms in total. The molecule has 0 aliphatic carbocycles. The molecule has 1 N–H and O–H groups in total. The molecule has 2 atom stereocenters. The standard InChI is InChI=1S/C24H23ClF3N7O5/c1-13(40-14(2)36)20-30-19(31-35(20)22-17(39-3)5-4-10-29-22)12-34-23(38)33(11-18(37)24(26,27)28)21(32-34)15-6-8-16(25)9-7-15/h4-10,13,18,37H,11-12H2,1-3H3/t13-,18-/m0/s1. The Labute approximate surface area is 229 Å². The number of pyridine rings is 1. The van der Waals surface area contributed by atoms with E-state index in [1.165, 1.54) is 49.2 Å². The van der Waals surface area contributed by atoms with Crippen molar-refractivity contribution in [3.8, 4) is 23.0 Å². The average molecular weight is 582 g/mol. The maximum absolute atomic E-state index is 13.2. The van der Waals surface area contributed by atoms with Gasteiger partial charge in [0.05, 0.1) is 13.7 Å². The van der Waals surface area contributed by atoms with Gasteiger partial charge in [-0.15, -0.1) is 10.2 Å². The van der Waals surface area contributed by atoms with Crippen LogP contribution in [0.3, 0.4) is 0 Å². The minimum atomic E-state index is -4.97. The molecule has 0 aliphatic rings. The first-order valence-corrected chi connectivity index (χ1v) is 12.1. The van der Waals surface area contributed by atoms with E-state index in [1.54, 1.807) is 19.1 Å². The molecule has 4 rings (SSSR count). The van der Waals surface area contributed by atoms with Gasteiger partial charge < -0.3 is 14.6 Å². The Hall–Kier alpha value is -4.24. The van der Waals surface area contributed by atoms with E-state index in [0.29, 0.717) is 15.3 Å². The topological polar surface area (TPSA) is 139 Å². The number of alkyl halides is 3. The molecule has 0 unspecified atom stereocenters. The first kappa shape index (κ1) is 28.8. The summed E-state index contributed by atoms with van der Waals surface area (Å²) in [5, 5.41) is 18.7. The third-order valence-corrected chi connectivity index (χ3v) is 5.86. The van der Waals surface area contributed by atoms with E-state index >= 15 is 0 Å². The van der Waals surface area contributed by atoms with Gasteiger partial charge in [0, 0.05) is 23.7 Å². The Morgan fingerprint density at radius 1 is 1.18 bits per heavy atom. The number of esters is 1. The zero-order valence-electron chi connectivity index (χ0n) is 21.3. The van der Waals surface area contributed by atoms with Gasteiger partial charge in [0.1, 0.15) is 6.54 Å². The molecule has 0 saturated heterocycles. The fourth-order valence-electron chi connectivity index (χ4n) is 3.79. The van der Waals surface area contributed by atoms with E-state index in [-0.39, 0.29) is 35.4 Å². The van der Waals surface area contributed by atoms with Crippen molar-refractivity contribution in [2.75, 3.05) is 7.11 Å². The summed E-state index contributed by atoms with van der Waals surface area (Å²) in [6.07, 6.45) is -7.20. The Morgan fingerprint density at radius 3 is 2.50 bits per heavy atom. The third kappa shape index (κ3) is 6.15. The first-order valence-electron chi connectivity index (χ1n) is 11.7. The highest BCUT2D eigenvalue weighted by atomic mass is 35.5. The van der Waals surface area contributed by atoms with Crippen molar-refractivity contribution in [3.63, 3.8) is 0 Å². The van der Waals surface area contributed by atoms with Gasteiger partial charge in [0.25, 0.3) is 0 Å². The molecule has 0 fully saturated rings. The van der Waals surface area contributed by atoms with Crippen LogP contribution in [0.4, 0.5) is 13.2 Å². The van der Waals surface area contributed by atoms with Crippen molar-refractivity contribution in [1.82, 2.24) is 34.1 Å². The number of methoxy groups -OCH3 is 1. The van der Waals surface area contributed by atoms with Crippen molar-refractivity contribution in [2.24, 2.45) is 0 Å². The molecule has 212 valence electrons. The summed E-state index contributed by atoms with van der Waals surface area (Å²) >= 11 is 5.93. The SMILES string of the molecule is COc1cccnc1-n1nc(Cn2nc(-c3ccc(Cl)cc3)n(C[C@H](O)C(F)(F)F)c2=O)nc1[C@H](C)OC(C)=O. The second-order valence-corrected chi connectivity index (χ2v) is 8.95. The van der Waals surface area contributed by atoms with Crippen molar-refractivity contribution in [3.05, 3.63) is 69.8 Å². The normalized spacial score (nSPS) is 13.2. The number of hydrogen-bond acceptors (Lipinski definition) is 9. The van der Waals surface area contributed by atoms with Gasteiger partial charge in [0.2, 0.25) is 0 Å². The Bertz CT molecular complexity index is 1570. The van der Waals surface area contributed by atoms with Crippen LogP contribution in [0, 0.1) is 0 Å². The van der Waals surface area contributed by atoms with E-state index in [4.69, 9.17) is 21.1 Å². The summed E-state index contributed by atoms with van der Waals surface area (Å²) in [5.74, 6) is -0.0344. The van der Waals surface area contributed by atoms with E-state index < -0.39 is 36.6 Å². The van der Waals surface area contributed by atoms with Crippen LogP contribution in [-0.4, -0.2) is 64.6 Å². The van der Waals surface area contributed by atoms with Crippen molar-refractivity contribution >= 4 is 17.6 Å². The van der Waals surface area contributed by atoms with Crippen LogP contribution in [0.15, 0.2) is 47.4 Å². The zero-order chi connectivity index (χ0) is 29.2. The van der Waals surface area contributed by atoms with Crippen LogP contribution >= 0.6 is 11.6 Å². The fourth-order valence-corrected chi connectivity index (χ4v) is 3.91. The maximum Gasteiger partial charge on any atom is 0.416 e. The minimum Gasteiger partial charge on any atom is -0.493 e. The van der Waals surface area contributed by atoms with Crippen molar-refractivity contribution in [1.29, 1.82) is 0 Å². The number of aliphatic hydroxyl groups is 1. The smallest absolute Gasteiger partial charge is 0.416 e. The van der Waals surface area contributed by atoms with E-state index in [0.717, 1.165) is 4.68 Å². The predicted molar refractivity (Wildman–Crippen MR) is 134 cm³/mol. The molecule has 0 amide bonds. The van der Waals surface area contributed by atoms with E-state index in [1.807, 2.05) is 0 Å². The van der Waals surface area contributed by atoms with Crippen molar-refractivity contribution in [2.45, 2.75) is 45.3 Å². The molecule has 0 radical (unpaired) electrons. The van der Waals surface area contributed by atoms with Crippen LogP contribution in [0.5, 0.6) is 5.75 Å². The molecule has 40 heavy (non-hydrogen) atoms. The van der Waals surface area contributed by atoms with Gasteiger partial charge in [0.15, 0.2) is 41.2 Å². The molecule has 0 bridgehead atoms. The van der Waals surface area contributed by atoms with Gasteiger partial charge in [-0.2, -0.15) is 17.9 Å². The summed E-state index contributed by atoms with van der Waals surface area (Å²) in [6, 6.07) is 9.18. The summed E-state index contributed by atoms with van der Waals surface area (Å²) in [6.45, 7) is 1.30.